The highest BCUT2D eigenvalue weighted by molar-refractivity contribution is 5.39. The minimum atomic E-state index is -0.250. The number of aliphatic hydroxyl groups is 1. The molecule has 0 saturated carbocycles. The minimum absolute atomic E-state index is 0.0312. The molecule has 17 heavy (non-hydrogen) atoms. The van der Waals surface area contributed by atoms with Crippen molar-refractivity contribution in [2.24, 2.45) is 0 Å². The summed E-state index contributed by atoms with van der Waals surface area (Å²) in [4.78, 5) is 0. The molecular weight excluding hydrogens is 219 g/mol. The Morgan fingerprint density at radius 3 is 2.71 bits per heavy atom. The van der Waals surface area contributed by atoms with Crippen LogP contribution in [0.15, 0.2) is 24.3 Å². The summed E-state index contributed by atoms with van der Waals surface area (Å²) in [5.41, 5.74) is 3.92. The zero-order valence-electron chi connectivity index (χ0n) is 9.36. The number of benzene rings is 1. The van der Waals surface area contributed by atoms with E-state index >= 15 is 0 Å². The lowest BCUT2D eigenvalue weighted by Crippen LogP contribution is -2.01. The summed E-state index contributed by atoms with van der Waals surface area (Å²) < 4.78 is 14.7. The molecule has 0 fully saturated rings. The van der Waals surface area contributed by atoms with Crippen LogP contribution in [-0.2, 0) is 19.4 Å². The third kappa shape index (κ3) is 1.65. The predicted octanol–water partition coefficient (Wildman–Crippen LogP) is 1.99. The fourth-order valence-corrected chi connectivity index (χ4v) is 2.44. The average molecular weight is 232 g/mol. The van der Waals surface area contributed by atoms with E-state index in [0.717, 1.165) is 41.9 Å². The molecule has 4 heteroatoms. The van der Waals surface area contributed by atoms with Gasteiger partial charge in [-0.3, -0.25) is 0 Å². The van der Waals surface area contributed by atoms with E-state index in [1.54, 1.807) is 12.1 Å². The molecule has 0 radical (unpaired) electrons. The van der Waals surface area contributed by atoms with Gasteiger partial charge in [0, 0.05) is 5.69 Å². The second-order valence-electron chi connectivity index (χ2n) is 4.27. The van der Waals surface area contributed by atoms with Gasteiger partial charge in [-0.1, -0.05) is 0 Å². The van der Waals surface area contributed by atoms with Crippen LogP contribution in [0, 0.1) is 5.82 Å². The normalized spacial score (nSPS) is 14.0. The smallest absolute Gasteiger partial charge is 0.123 e. The van der Waals surface area contributed by atoms with E-state index < -0.39 is 0 Å². The molecule has 0 bridgehead atoms. The van der Waals surface area contributed by atoms with E-state index in [9.17, 15) is 9.50 Å². The Morgan fingerprint density at radius 1 is 1.24 bits per heavy atom. The van der Waals surface area contributed by atoms with Crippen molar-refractivity contribution < 1.29 is 9.50 Å². The number of nitrogens with zero attached hydrogens (tertiary/aromatic N) is 2. The number of fused-ring (bicyclic) bond motifs is 1. The number of hydrogen-bond acceptors (Lipinski definition) is 2. The molecule has 3 rings (SSSR count). The molecule has 0 aliphatic heterocycles. The number of aromatic nitrogens is 2. The number of rotatable bonds is 2. The molecule has 0 amide bonds. The van der Waals surface area contributed by atoms with Gasteiger partial charge in [0.15, 0.2) is 0 Å². The zero-order valence-corrected chi connectivity index (χ0v) is 9.36. The number of aliphatic hydroxyl groups excluding tert-OH is 1. The Hall–Kier alpha value is -1.68. The van der Waals surface area contributed by atoms with Gasteiger partial charge in [0.25, 0.3) is 0 Å². The van der Waals surface area contributed by atoms with Crippen LogP contribution in [-0.4, -0.2) is 14.9 Å². The van der Waals surface area contributed by atoms with Gasteiger partial charge in [-0.15, -0.1) is 0 Å². The van der Waals surface area contributed by atoms with Crippen molar-refractivity contribution in [1.29, 1.82) is 0 Å². The summed E-state index contributed by atoms with van der Waals surface area (Å²) in [6.45, 7) is -0.0312. The molecule has 3 nitrogen and oxygen atoms in total. The van der Waals surface area contributed by atoms with Gasteiger partial charge >= 0.3 is 0 Å². The second-order valence-corrected chi connectivity index (χ2v) is 4.27. The number of halogens is 1. The quantitative estimate of drug-likeness (QED) is 0.860. The van der Waals surface area contributed by atoms with E-state index in [-0.39, 0.29) is 12.4 Å². The molecule has 1 aromatic heterocycles. The van der Waals surface area contributed by atoms with Crippen LogP contribution in [0.3, 0.4) is 0 Å². The maximum atomic E-state index is 12.9. The predicted molar refractivity (Wildman–Crippen MR) is 61.5 cm³/mol. The molecule has 1 heterocycles. The molecule has 0 saturated heterocycles. The molecule has 0 atom stereocenters. The van der Waals surface area contributed by atoms with E-state index in [2.05, 4.69) is 5.10 Å². The van der Waals surface area contributed by atoms with Crippen molar-refractivity contribution >= 4 is 0 Å². The van der Waals surface area contributed by atoms with E-state index in [0.29, 0.717) is 0 Å². The third-order valence-corrected chi connectivity index (χ3v) is 3.23. The van der Waals surface area contributed by atoms with Gasteiger partial charge in [-0.2, -0.15) is 5.10 Å². The highest BCUT2D eigenvalue weighted by Gasteiger charge is 2.22. The van der Waals surface area contributed by atoms with Gasteiger partial charge in [0.1, 0.15) is 5.82 Å². The zero-order chi connectivity index (χ0) is 11.8. The van der Waals surface area contributed by atoms with Crippen LogP contribution in [0.25, 0.3) is 5.69 Å². The molecule has 1 aromatic carbocycles. The Kier molecular flexibility index (Phi) is 2.44. The SMILES string of the molecule is OCc1nn(-c2ccc(F)cc2)c2c1CCC2. The fourth-order valence-electron chi connectivity index (χ4n) is 2.44. The van der Waals surface area contributed by atoms with Gasteiger partial charge in [0.05, 0.1) is 18.0 Å². The van der Waals surface area contributed by atoms with Crippen molar-refractivity contribution in [3.63, 3.8) is 0 Å². The maximum absolute atomic E-state index is 12.9. The second kappa shape index (κ2) is 3.96. The molecule has 1 N–H and O–H groups in total. The summed E-state index contributed by atoms with van der Waals surface area (Å²) in [5.74, 6) is -0.250. The molecule has 0 spiro atoms. The van der Waals surface area contributed by atoms with Crippen molar-refractivity contribution in [2.45, 2.75) is 25.9 Å². The van der Waals surface area contributed by atoms with Crippen molar-refractivity contribution in [3.05, 3.63) is 47.0 Å². The summed E-state index contributed by atoms with van der Waals surface area (Å²) in [7, 11) is 0. The van der Waals surface area contributed by atoms with Crippen LogP contribution >= 0.6 is 0 Å². The third-order valence-electron chi connectivity index (χ3n) is 3.23. The summed E-state index contributed by atoms with van der Waals surface area (Å²) >= 11 is 0. The van der Waals surface area contributed by atoms with Crippen LogP contribution in [0.4, 0.5) is 4.39 Å². The molecule has 1 aliphatic carbocycles. The highest BCUT2D eigenvalue weighted by atomic mass is 19.1. The van der Waals surface area contributed by atoms with Crippen LogP contribution in [0.1, 0.15) is 23.4 Å². The standard InChI is InChI=1S/C13H13FN2O/c14-9-4-6-10(7-5-9)16-13-3-1-2-11(13)12(8-17)15-16/h4-7,17H,1-3,8H2. The first-order valence-electron chi connectivity index (χ1n) is 5.76. The van der Waals surface area contributed by atoms with Crippen LogP contribution in [0.2, 0.25) is 0 Å². The van der Waals surface area contributed by atoms with E-state index in [1.165, 1.54) is 12.1 Å². The first-order valence-corrected chi connectivity index (χ1v) is 5.76. The summed E-state index contributed by atoms with van der Waals surface area (Å²) in [5, 5.41) is 13.7. The first-order chi connectivity index (χ1) is 8.29. The molecular formula is C13H13FN2O. The first kappa shape index (κ1) is 10.5. The molecule has 1 aliphatic rings. The number of hydrogen-bond donors (Lipinski definition) is 1. The van der Waals surface area contributed by atoms with Gasteiger partial charge in [-0.05, 0) is 49.1 Å². The maximum Gasteiger partial charge on any atom is 0.123 e. The Bertz CT molecular complexity index is 545. The molecule has 2 aromatic rings. The fraction of sp³-hybridized carbons (Fsp3) is 0.308. The van der Waals surface area contributed by atoms with E-state index in [4.69, 9.17) is 0 Å². The largest absolute Gasteiger partial charge is 0.390 e. The lowest BCUT2D eigenvalue weighted by atomic mass is 10.2. The van der Waals surface area contributed by atoms with Crippen molar-refractivity contribution in [3.8, 4) is 5.69 Å². The van der Waals surface area contributed by atoms with E-state index in [1.807, 2.05) is 4.68 Å². The molecule has 0 unspecified atom stereocenters. The highest BCUT2D eigenvalue weighted by Crippen LogP contribution is 2.27. The average Bonchev–Trinajstić information content (AvgIpc) is 2.91. The van der Waals surface area contributed by atoms with Crippen molar-refractivity contribution in [1.82, 2.24) is 9.78 Å². The Balaban J connectivity index is 2.12. The monoisotopic (exact) mass is 232 g/mol. The van der Waals surface area contributed by atoms with Gasteiger partial charge < -0.3 is 5.11 Å². The van der Waals surface area contributed by atoms with Crippen LogP contribution < -0.4 is 0 Å². The summed E-state index contributed by atoms with van der Waals surface area (Å²) in [6, 6.07) is 6.28. The minimum Gasteiger partial charge on any atom is -0.390 e. The lowest BCUT2D eigenvalue weighted by molar-refractivity contribution is 0.275. The molecule has 88 valence electrons. The van der Waals surface area contributed by atoms with Crippen LogP contribution in [0.5, 0.6) is 0 Å². The van der Waals surface area contributed by atoms with Gasteiger partial charge in [-0.25, -0.2) is 9.07 Å². The Labute approximate surface area is 98.5 Å². The summed E-state index contributed by atoms with van der Waals surface area (Å²) in [6.07, 6.45) is 3.05. The van der Waals surface area contributed by atoms with Gasteiger partial charge in [0.2, 0.25) is 0 Å². The lowest BCUT2D eigenvalue weighted by Gasteiger charge is -2.04. The Morgan fingerprint density at radius 2 is 2.00 bits per heavy atom. The topological polar surface area (TPSA) is 38.1 Å². The van der Waals surface area contributed by atoms with Crippen molar-refractivity contribution in [2.75, 3.05) is 0 Å².